The molecule has 2 aromatic rings. The van der Waals surface area contributed by atoms with Crippen LogP contribution in [0.3, 0.4) is 0 Å². The monoisotopic (exact) mass is 445 g/mol. The molecule has 126 valence electrons. The average molecular weight is 445 g/mol. The minimum absolute atomic E-state index is 0. The summed E-state index contributed by atoms with van der Waals surface area (Å²) in [7, 11) is 4.00. The molecule has 0 fully saturated rings. The van der Waals surface area contributed by atoms with Crippen molar-refractivity contribution in [2.24, 2.45) is 4.99 Å². The van der Waals surface area contributed by atoms with Gasteiger partial charge in [-0.2, -0.15) is 11.3 Å². The summed E-state index contributed by atoms with van der Waals surface area (Å²) in [4.78, 5) is 11.0. The lowest BCUT2D eigenvalue weighted by Crippen LogP contribution is -2.37. The second-order valence-corrected chi connectivity index (χ2v) is 5.84. The summed E-state index contributed by atoms with van der Waals surface area (Å²) in [5.41, 5.74) is 2.38. The SMILES string of the molecule is CCNC(=NCc1ccsc1)NCc1cccnc1N(C)C.I. The number of hydrogen-bond acceptors (Lipinski definition) is 4. The van der Waals surface area contributed by atoms with E-state index in [0.29, 0.717) is 13.1 Å². The van der Waals surface area contributed by atoms with Crippen LogP contribution in [0.1, 0.15) is 18.1 Å². The number of hydrogen-bond donors (Lipinski definition) is 2. The Morgan fingerprint density at radius 1 is 1.30 bits per heavy atom. The summed E-state index contributed by atoms with van der Waals surface area (Å²) < 4.78 is 0. The number of nitrogens with zero attached hydrogens (tertiary/aromatic N) is 3. The Morgan fingerprint density at radius 2 is 2.13 bits per heavy atom. The number of rotatable bonds is 6. The van der Waals surface area contributed by atoms with E-state index in [-0.39, 0.29) is 24.0 Å². The predicted octanol–water partition coefficient (Wildman–Crippen LogP) is 3.08. The van der Waals surface area contributed by atoms with E-state index < -0.39 is 0 Å². The molecule has 2 heterocycles. The first-order valence-corrected chi connectivity index (χ1v) is 8.29. The van der Waals surface area contributed by atoms with Crippen LogP contribution in [0.5, 0.6) is 0 Å². The Balaban J connectivity index is 0.00000264. The first kappa shape index (κ1) is 19.7. The molecule has 2 rings (SSSR count). The molecule has 2 aromatic heterocycles. The molecule has 0 radical (unpaired) electrons. The number of halogens is 1. The van der Waals surface area contributed by atoms with Crippen LogP contribution in [0.15, 0.2) is 40.1 Å². The van der Waals surface area contributed by atoms with Gasteiger partial charge < -0.3 is 15.5 Å². The van der Waals surface area contributed by atoms with Crippen molar-refractivity contribution in [1.82, 2.24) is 15.6 Å². The Morgan fingerprint density at radius 3 is 2.78 bits per heavy atom. The van der Waals surface area contributed by atoms with Crippen LogP contribution in [0, 0.1) is 0 Å². The molecular formula is C16H24IN5S. The van der Waals surface area contributed by atoms with Crippen molar-refractivity contribution in [3.63, 3.8) is 0 Å². The molecule has 0 saturated carbocycles. The van der Waals surface area contributed by atoms with E-state index >= 15 is 0 Å². The normalized spacial score (nSPS) is 10.8. The summed E-state index contributed by atoms with van der Waals surface area (Å²) in [6.07, 6.45) is 1.81. The Kier molecular flexibility index (Phi) is 8.93. The van der Waals surface area contributed by atoms with Crippen molar-refractivity contribution in [3.8, 4) is 0 Å². The molecule has 0 aromatic carbocycles. The second-order valence-electron chi connectivity index (χ2n) is 5.06. The highest BCUT2D eigenvalue weighted by Crippen LogP contribution is 2.13. The van der Waals surface area contributed by atoms with E-state index in [1.54, 1.807) is 11.3 Å². The lowest BCUT2D eigenvalue weighted by molar-refractivity contribution is 0.810. The molecule has 5 nitrogen and oxygen atoms in total. The second kappa shape index (κ2) is 10.4. The van der Waals surface area contributed by atoms with Crippen LogP contribution >= 0.6 is 35.3 Å². The quantitative estimate of drug-likeness (QED) is 0.408. The van der Waals surface area contributed by atoms with E-state index in [9.17, 15) is 0 Å². The van der Waals surface area contributed by atoms with Crippen molar-refractivity contribution in [2.45, 2.75) is 20.0 Å². The number of anilines is 1. The highest BCUT2D eigenvalue weighted by Gasteiger charge is 2.06. The number of guanidine groups is 1. The van der Waals surface area contributed by atoms with Gasteiger partial charge in [-0.15, -0.1) is 24.0 Å². The fourth-order valence-electron chi connectivity index (χ4n) is 2.04. The molecule has 0 atom stereocenters. The van der Waals surface area contributed by atoms with Crippen molar-refractivity contribution in [2.75, 3.05) is 25.5 Å². The molecule has 7 heteroatoms. The lowest BCUT2D eigenvalue weighted by atomic mass is 10.2. The van der Waals surface area contributed by atoms with E-state index in [1.807, 2.05) is 31.3 Å². The Bertz CT molecular complexity index is 598. The van der Waals surface area contributed by atoms with Crippen molar-refractivity contribution in [1.29, 1.82) is 0 Å². The van der Waals surface area contributed by atoms with Crippen LogP contribution in [-0.2, 0) is 13.1 Å². The van der Waals surface area contributed by atoms with Crippen molar-refractivity contribution in [3.05, 3.63) is 46.3 Å². The summed E-state index contributed by atoms with van der Waals surface area (Å²) in [6, 6.07) is 6.14. The number of thiophene rings is 1. The maximum absolute atomic E-state index is 4.61. The van der Waals surface area contributed by atoms with Gasteiger partial charge in [0, 0.05) is 38.9 Å². The fourth-order valence-corrected chi connectivity index (χ4v) is 2.70. The Hall–Kier alpha value is -1.35. The van der Waals surface area contributed by atoms with Gasteiger partial charge in [-0.25, -0.2) is 9.98 Å². The first-order valence-electron chi connectivity index (χ1n) is 7.35. The third-order valence-electron chi connectivity index (χ3n) is 3.08. The van der Waals surface area contributed by atoms with E-state index in [0.717, 1.165) is 23.9 Å². The minimum atomic E-state index is 0. The van der Waals surface area contributed by atoms with Crippen LogP contribution in [-0.4, -0.2) is 31.6 Å². The summed E-state index contributed by atoms with van der Waals surface area (Å²) in [6.45, 7) is 4.28. The van der Waals surface area contributed by atoms with Gasteiger partial charge in [0.1, 0.15) is 5.82 Å². The molecule has 0 unspecified atom stereocenters. The van der Waals surface area contributed by atoms with E-state index in [2.05, 4.69) is 50.4 Å². The smallest absolute Gasteiger partial charge is 0.191 e. The highest BCUT2D eigenvalue weighted by molar-refractivity contribution is 14.0. The molecule has 23 heavy (non-hydrogen) atoms. The Labute approximate surface area is 159 Å². The van der Waals surface area contributed by atoms with Gasteiger partial charge in [-0.3, -0.25) is 0 Å². The van der Waals surface area contributed by atoms with Crippen LogP contribution in [0.2, 0.25) is 0 Å². The molecule has 0 aliphatic carbocycles. The van der Waals surface area contributed by atoms with Crippen molar-refractivity contribution >= 4 is 47.1 Å². The predicted molar refractivity (Wildman–Crippen MR) is 110 cm³/mol. The number of pyridine rings is 1. The fraction of sp³-hybridized carbons (Fsp3) is 0.375. The molecule has 0 bridgehead atoms. The largest absolute Gasteiger partial charge is 0.362 e. The van der Waals surface area contributed by atoms with Crippen molar-refractivity contribution < 1.29 is 0 Å². The lowest BCUT2D eigenvalue weighted by Gasteiger charge is -2.17. The molecule has 2 N–H and O–H groups in total. The molecule has 0 saturated heterocycles. The van der Waals surface area contributed by atoms with Gasteiger partial charge >= 0.3 is 0 Å². The van der Waals surface area contributed by atoms with E-state index in [4.69, 9.17) is 0 Å². The standard InChI is InChI=1S/C16H23N5S.HI/c1-4-17-16(19-10-13-7-9-22-12-13)20-11-14-6-5-8-18-15(14)21(2)3;/h5-9,12H,4,10-11H2,1-3H3,(H2,17,19,20);1H. The summed E-state index contributed by atoms with van der Waals surface area (Å²) in [5.74, 6) is 1.80. The summed E-state index contributed by atoms with van der Waals surface area (Å²) in [5, 5.41) is 10.8. The van der Waals surface area contributed by atoms with E-state index in [1.165, 1.54) is 5.56 Å². The van der Waals surface area contributed by atoms with Gasteiger partial charge in [0.15, 0.2) is 5.96 Å². The number of aliphatic imine (C=N–C) groups is 1. The van der Waals surface area contributed by atoms with Gasteiger partial charge in [0.2, 0.25) is 0 Å². The third-order valence-corrected chi connectivity index (χ3v) is 3.81. The average Bonchev–Trinajstić information content (AvgIpc) is 3.03. The molecule has 0 amide bonds. The maximum atomic E-state index is 4.61. The van der Waals surface area contributed by atoms with Gasteiger partial charge in [-0.1, -0.05) is 6.07 Å². The summed E-state index contributed by atoms with van der Waals surface area (Å²) >= 11 is 1.70. The molecular weight excluding hydrogens is 421 g/mol. The van der Waals surface area contributed by atoms with Crippen LogP contribution in [0.4, 0.5) is 5.82 Å². The van der Waals surface area contributed by atoms with Gasteiger partial charge in [-0.05, 0) is 35.4 Å². The molecule has 0 aliphatic heterocycles. The zero-order valence-electron chi connectivity index (χ0n) is 13.7. The maximum Gasteiger partial charge on any atom is 0.191 e. The minimum Gasteiger partial charge on any atom is -0.362 e. The zero-order chi connectivity index (χ0) is 15.8. The van der Waals surface area contributed by atoms with Crippen LogP contribution < -0.4 is 15.5 Å². The topological polar surface area (TPSA) is 52.6 Å². The third kappa shape index (κ3) is 6.34. The zero-order valence-corrected chi connectivity index (χ0v) is 16.9. The number of aromatic nitrogens is 1. The number of nitrogens with one attached hydrogen (secondary N) is 2. The molecule has 0 aliphatic rings. The van der Waals surface area contributed by atoms with Gasteiger partial charge in [0.25, 0.3) is 0 Å². The highest BCUT2D eigenvalue weighted by atomic mass is 127. The van der Waals surface area contributed by atoms with Gasteiger partial charge in [0.05, 0.1) is 6.54 Å². The molecule has 0 spiro atoms. The first-order chi connectivity index (χ1) is 10.7. The van der Waals surface area contributed by atoms with Crippen LogP contribution in [0.25, 0.3) is 0 Å².